The molecule has 0 fully saturated rings. The first-order valence-corrected chi connectivity index (χ1v) is 6.46. The van der Waals surface area contributed by atoms with Gasteiger partial charge in [-0.15, -0.1) is 11.3 Å². The van der Waals surface area contributed by atoms with Gasteiger partial charge in [0.15, 0.2) is 0 Å². The average Bonchev–Trinajstić information content (AvgIpc) is 2.83. The molecule has 2 N–H and O–H groups in total. The molecule has 17 heavy (non-hydrogen) atoms. The van der Waals surface area contributed by atoms with Crippen molar-refractivity contribution in [2.45, 2.75) is 25.7 Å². The number of hydrogen-bond acceptors (Lipinski definition) is 4. The van der Waals surface area contributed by atoms with Gasteiger partial charge in [0.25, 0.3) is 0 Å². The molecule has 0 bridgehead atoms. The van der Waals surface area contributed by atoms with Crippen molar-refractivity contribution in [1.82, 2.24) is 4.98 Å². The predicted molar refractivity (Wildman–Crippen MR) is 69.7 cm³/mol. The van der Waals surface area contributed by atoms with Crippen LogP contribution in [-0.2, 0) is 11.3 Å². The summed E-state index contributed by atoms with van der Waals surface area (Å²) < 4.78 is 5.86. The Bertz CT molecular complexity index is 428. The van der Waals surface area contributed by atoms with Crippen molar-refractivity contribution in [3.8, 4) is 0 Å². The van der Waals surface area contributed by atoms with E-state index in [1.165, 1.54) is 4.88 Å². The van der Waals surface area contributed by atoms with E-state index in [1.807, 2.05) is 36.6 Å². The summed E-state index contributed by atoms with van der Waals surface area (Å²) in [6, 6.07) is 9.78. The second-order valence-corrected chi connectivity index (χ2v) is 4.96. The van der Waals surface area contributed by atoms with Crippen LogP contribution >= 0.6 is 11.3 Å². The minimum absolute atomic E-state index is 0.0788. The third-order valence-electron chi connectivity index (χ3n) is 2.44. The largest absolute Gasteiger partial charge is 0.365 e. The first-order valence-electron chi connectivity index (χ1n) is 5.58. The maximum absolute atomic E-state index is 5.95. The van der Waals surface area contributed by atoms with E-state index in [4.69, 9.17) is 10.5 Å². The van der Waals surface area contributed by atoms with Crippen LogP contribution in [-0.4, -0.2) is 11.0 Å². The standard InChI is InChI=1S/C13H16N2OS/c1-10(14)13(12-6-2-3-7-15-12)16-9-11-5-4-8-17-11/h2-8,10,13H,9,14H2,1H3. The van der Waals surface area contributed by atoms with Crippen molar-refractivity contribution in [2.24, 2.45) is 5.73 Å². The van der Waals surface area contributed by atoms with E-state index in [-0.39, 0.29) is 12.1 Å². The van der Waals surface area contributed by atoms with Gasteiger partial charge in [0.2, 0.25) is 0 Å². The quantitative estimate of drug-likeness (QED) is 0.885. The lowest BCUT2D eigenvalue weighted by atomic mass is 10.1. The van der Waals surface area contributed by atoms with Crippen molar-refractivity contribution in [3.05, 3.63) is 52.5 Å². The zero-order valence-electron chi connectivity index (χ0n) is 9.74. The minimum atomic E-state index is -0.154. The second kappa shape index (κ2) is 5.91. The second-order valence-electron chi connectivity index (χ2n) is 3.92. The number of thiophene rings is 1. The average molecular weight is 248 g/mol. The molecular formula is C13H16N2OS. The van der Waals surface area contributed by atoms with Crippen LogP contribution in [0.2, 0.25) is 0 Å². The molecule has 0 aromatic carbocycles. The van der Waals surface area contributed by atoms with Crippen LogP contribution in [0.4, 0.5) is 0 Å². The van der Waals surface area contributed by atoms with Gasteiger partial charge in [-0.2, -0.15) is 0 Å². The Kier molecular flexibility index (Phi) is 4.25. The van der Waals surface area contributed by atoms with Gasteiger partial charge in [0, 0.05) is 17.1 Å². The van der Waals surface area contributed by atoms with Crippen LogP contribution in [0.5, 0.6) is 0 Å². The molecule has 0 radical (unpaired) electrons. The fraction of sp³-hybridized carbons (Fsp3) is 0.308. The summed E-state index contributed by atoms with van der Waals surface area (Å²) in [6.45, 7) is 2.52. The molecule has 0 saturated heterocycles. The van der Waals surface area contributed by atoms with Crippen molar-refractivity contribution in [3.63, 3.8) is 0 Å². The summed E-state index contributed by atoms with van der Waals surface area (Å²) in [4.78, 5) is 5.50. The highest BCUT2D eigenvalue weighted by Crippen LogP contribution is 2.21. The molecular weight excluding hydrogens is 232 g/mol. The van der Waals surface area contributed by atoms with E-state index in [0.717, 1.165) is 5.69 Å². The molecule has 3 nitrogen and oxygen atoms in total. The van der Waals surface area contributed by atoms with Crippen molar-refractivity contribution < 1.29 is 4.74 Å². The predicted octanol–water partition coefficient (Wildman–Crippen LogP) is 2.75. The molecule has 0 aliphatic heterocycles. The number of pyridine rings is 1. The van der Waals surface area contributed by atoms with Gasteiger partial charge in [0.05, 0.1) is 12.3 Å². The molecule has 2 aromatic rings. The van der Waals surface area contributed by atoms with Gasteiger partial charge in [-0.25, -0.2) is 0 Å². The van der Waals surface area contributed by atoms with Crippen LogP contribution in [0.15, 0.2) is 41.9 Å². The lowest BCUT2D eigenvalue weighted by molar-refractivity contribution is 0.0246. The third-order valence-corrected chi connectivity index (χ3v) is 3.29. The van der Waals surface area contributed by atoms with Gasteiger partial charge in [-0.1, -0.05) is 12.1 Å². The smallest absolute Gasteiger partial charge is 0.115 e. The summed E-state index contributed by atoms with van der Waals surface area (Å²) in [5.74, 6) is 0. The lowest BCUT2D eigenvalue weighted by Crippen LogP contribution is -2.27. The maximum atomic E-state index is 5.95. The Hall–Kier alpha value is -1.23. The summed E-state index contributed by atoms with van der Waals surface area (Å²) in [6.07, 6.45) is 1.61. The summed E-state index contributed by atoms with van der Waals surface area (Å²) in [5, 5.41) is 2.04. The molecule has 4 heteroatoms. The fourth-order valence-electron chi connectivity index (χ4n) is 1.62. The van der Waals surface area contributed by atoms with E-state index >= 15 is 0 Å². The topological polar surface area (TPSA) is 48.1 Å². The molecule has 0 saturated carbocycles. The Balaban J connectivity index is 2.03. The Labute approximate surface area is 105 Å². The molecule has 2 heterocycles. The van der Waals surface area contributed by atoms with Crippen LogP contribution in [0.25, 0.3) is 0 Å². The number of ether oxygens (including phenoxy) is 1. The highest BCUT2D eigenvalue weighted by Gasteiger charge is 2.18. The van der Waals surface area contributed by atoms with E-state index < -0.39 is 0 Å². The van der Waals surface area contributed by atoms with Gasteiger partial charge < -0.3 is 10.5 Å². The first kappa shape index (κ1) is 12.2. The zero-order valence-corrected chi connectivity index (χ0v) is 10.6. The van der Waals surface area contributed by atoms with Crippen LogP contribution < -0.4 is 5.73 Å². The molecule has 0 aliphatic carbocycles. The van der Waals surface area contributed by atoms with Gasteiger partial charge in [-0.3, -0.25) is 4.98 Å². The van der Waals surface area contributed by atoms with E-state index in [1.54, 1.807) is 17.5 Å². The number of rotatable bonds is 5. The molecule has 2 aromatic heterocycles. The highest BCUT2D eigenvalue weighted by molar-refractivity contribution is 7.09. The molecule has 2 atom stereocenters. The Morgan fingerprint density at radius 3 is 2.82 bits per heavy atom. The zero-order chi connectivity index (χ0) is 12.1. The highest BCUT2D eigenvalue weighted by atomic mass is 32.1. The van der Waals surface area contributed by atoms with Crippen molar-refractivity contribution in [1.29, 1.82) is 0 Å². The van der Waals surface area contributed by atoms with Crippen LogP contribution in [0.3, 0.4) is 0 Å². The number of nitrogens with zero attached hydrogens (tertiary/aromatic N) is 1. The Morgan fingerprint density at radius 2 is 2.24 bits per heavy atom. The summed E-state index contributed by atoms with van der Waals surface area (Å²) >= 11 is 1.69. The van der Waals surface area contributed by atoms with Gasteiger partial charge in [0.1, 0.15) is 6.10 Å². The molecule has 0 spiro atoms. The van der Waals surface area contributed by atoms with E-state index in [9.17, 15) is 0 Å². The molecule has 2 rings (SSSR count). The Morgan fingerprint density at radius 1 is 1.35 bits per heavy atom. The SMILES string of the molecule is CC(N)C(OCc1cccs1)c1ccccn1. The normalized spacial score (nSPS) is 14.5. The number of hydrogen-bond donors (Lipinski definition) is 1. The molecule has 2 unspecified atom stereocenters. The minimum Gasteiger partial charge on any atom is -0.365 e. The molecule has 0 amide bonds. The molecule has 90 valence electrons. The summed E-state index contributed by atoms with van der Waals surface area (Å²) in [5.41, 5.74) is 6.83. The fourth-order valence-corrected chi connectivity index (χ4v) is 2.24. The number of aromatic nitrogens is 1. The van der Waals surface area contributed by atoms with Crippen molar-refractivity contribution in [2.75, 3.05) is 0 Å². The maximum Gasteiger partial charge on any atom is 0.115 e. The number of nitrogens with two attached hydrogens (primary N) is 1. The first-order chi connectivity index (χ1) is 8.27. The van der Waals surface area contributed by atoms with E-state index in [2.05, 4.69) is 11.1 Å². The third kappa shape index (κ3) is 3.36. The van der Waals surface area contributed by atoms with E-state index in [0.29, 0.717) is 6.61 Å². The summed E-state index contributed by atoms with van der Waals surface area (Å²) in [7, 11) is 0. The van der Waals surface area contributed by atoms with Crippen LogP contribution in [0, 0.1) is 0 Å². The van der Waals surface area contributed by atoms with Crippen molar-refractivity contribution >= 4 is 11.3 Å². The van der Waals surface area contributed by atoms with Crippen LogP contribution in [0.1, 0.15) is 23.6 Å². The monoisotopic (exact) mass is 248 g/mol. The van der Waals surface area contributed by atoms with Gasteiger partial charge in [-0.05, 0) is 30.5 Å². The lowest BCUT2D eigenvalue weighted by Gasteiger charge is -2.20. The molecule has 0 aliphatic rings. The van der Waals surface area contributed by atoms with Gasteiger partial charge >= 0.3 is 0 Å².